The van der Waals surface area contributed by atoms with Gasteiger partial charge in [-0.05, 0) is 24.5 Å². The van der Waals surface area contributed by atoms with E-state index in [2.05, 4.69) is 20.6 Å². The van der Waals surface area contributed by atoms with E-state index in [1.165, 1.54) is 38.5 Å². The lowest BCUT2D eigenvalue weighted by molar-refractivity contribution is 0.0468. The van der Waals surface area contributed by atoms with Crippen molar-refractivity contribution in [1.82, 2.24) is 15.6 Å². The Balaban J connectivity index is 0.00000312. The van der Waals surface area contributed by atoms with E-state index in [-0.39, 0.29) is 24.0 Å². The van der Waals surface area contributed by atoms with Crippen LogP contribution in [0.5, 0.6) is 5.88 Å². The molecule has 0 aliphatic heterocycles. The Morgan fingerprint density at radius 1 is 1.24 bits per heavy atom. The summed E-state index contributed by atoms with van der Waals surface area (Å²) in [6.45, 7) is 2.15. The molecule has 142 valence electrons. The number of hydrogen-bond donors (Lipinski definition) is 2. The molecule has 1 aliphatic rings. The molecule has 0 aromatic carbocycles. The van der Waals surface area contributed by atoms with E-state index in [4.69, 9.17) is 9.47 Å². The number of nitrogens with zero attached hydrogens (tertiary/aromatic N) is 2. The molecule has 1 aromatic rings. The molecule has 25 heavy (non-hydrogen) atoms. The minimum absolute atomic E-state index is 0. The second kappa shape index (κ2) is 13.2. The van der Waals surface area contributed by atoms with Crippen LogP contribution in [0.3, 0.4) is 0 Å². The summed E-state index contributed by atoms with van der Waals surface area (Å²) >= 11 is 0. The molecule has 0 unspecified atom stereocenters. The number of pyridine rings is 1. The van der Waals surface area contributed by atoms with E-state index in [1.54, 1.807) is 20.4 Å². The van der Waals surface area contributed by atoms with Crippen molar-refractivity contribution < 1.29 is 9.47 Å². The maximum absolute atomic E-state index is 5.98. The number of guanidine groups is 1. The average Bonchev–Trinajstić information content (AvgIpc) is 2.90. The first-order chi connectivity index (χ1) is 11.8. The standard InChI is InChI=1S/C18H30N4O2.HI/c1-19-18(22-14-15-9-10-20-17(13-15)23-2)21-11-12-24-16-7-5-3-4-6-8-16;/h9-10,13,16H,3-8,11-12,14H2,1-2H3,(H2,19,21,22);1H. The van der Waals surface area contributed by atoms with E-state index in [0.29, 0.717) is 25.1 Å². The molecule has 1 saturated carbocycles. The van der Waals surface area contributed by atoms with Gasteiger partial charge in [0.05, 0.1) is 19.8 Å². The molecule has 1 fully saturated rings. The van der Waals surface area contributed by atoms with Gasteiger partial charge in [-0.3, -0.25) is 4.99 Å². The highest BCUT2D eigenvalue weighted by molar-refractivity contribution is 14.0. The van der Waals surface area contributed by atoms with Crippen molar-refractivity contribution in [2.75, 3.05) is 27.3 Å². The smallest absolute Gasteiger partial charge is 0.213 e. The van der Waals surface area contributed by atoms with Gasteiger partial charge in [-0.25, -0.2) is 4.98 Å². The van der Waals surface area contributed by atoms with Gasteiger partial charge in [0.2, 0.25) is 5.88 Å². The Hall–Kier alpha value is -1.09. The van der Waals surface area contributed by atoms with E-state index < -0.39 is 0 Å². The van der Waals surface area contributed by atoms with Crippen LogP contribution in [0.4, 0.5) is 0 Å². The minimum Gasteiger partial charge on any atom is -0.481 e. The maximum Gasteiger partial charge on any atom is 0.213 e. The molecule has 0 atom stereocenters. The highest BCUT2D eigenvalue weighted by Gasteiger charge is 2.12. The third kappa shape index (κ3) is 8.71. The second-order valence-electron chi connectivity index (χ2n) is 6.04. The van der Waals surface area contributed by atoms with Crippen molar-refractivity contribution >= 4 is 29.9 Å². The van der Waals surface area contributed by atoms with Gasteiger partial charge >= 0.3 is 0 Å². The number of rotatable bonds is 7. The Labute approximate surface area is 168 Å². The zero-order chi connectivity index (χ0) is 17.0. The summed E-state index contributed by atoms with van der Waals surface area (Å²) in [6.07, 6.45) is 9.91. The molecule has 0 bridgehead atoms. The van der Waals surface area contributed by atoms with Crippen molar-refractivity contribution in [3.63, 3.8) is 0 Å². The molecule has 6 nitrogen and oxygen atoms in total. The van der Waals surface area contributed by atoms with Crippen LogP contribution in [0.15, 0.2) is 23.3 Å². The van der Waals surface area contributed by atoms with Crippen LogP contribution in [0.2, 0.25) is 0 Å². The summed E-state index contributed by atoms with van der Waals surface area (Å²) in [6, 6.07) is 3.87. The maximum atomic E-state index is 5.98. The van der Waals surface area contributed by atoms with Crippen molar-refractivity contribution in [2.24, 2.45) is 4.99 Å². The highest BCUT2D eigenvalue weighted by atomic mass is 127. The lowest BCUT2D eigenvalue weighted by Crippen LogP contribution is -2.38. The van der Waals surface area contributed by atoms with Crippen molar-refractivity contribution in [2.45, 2.75) is 51.2 Å². The number of ether oxygens (including phenoxy) is 2. The number of aromatic nitrogens is 1. The van der Waals surface area contributed by atoms with E-state index in [1.807, 2.05) is 12.1 Å². The van der Waals surface area contributed by atoms with Crippen LogP contribution in [0, 0.1) is 0 Å². The first kappa shape index (κ1) is 22.0. The summed E-state index contributed by atoms with van der Waals surface area (Å²) in [5, 5.41) is 6.58. The molecule has 2 N–H and O–H groups in total. The molecule has 0 radical (unpaired) electrons. The lowest BCUT2D eigenvalue weighted by atomic mass is 10.1. The van der Waals surface area contributed by atoms with Gasteiger partial charge in [0.1, 0.15) is 0 Å². The average molecular weight is 462 g/mol. The fourth-order valence-electron chi connectivity index (χ4n) is 2.88. The predicted molar refractivity (Wildman–Crippen MR) is 112 cm³/mol. The fraction of sp³-hybridized carbons (Fsp3) is 0.667. The molecule has 1 aromatic heterocycles. The van der Waals surface area contributed by atoms with Gasteiger partial charge in [-0.2, -0.15) is 0 Å². The van der Waals surface area contributed by atoms with Crippen LogP contribution in [0.25, 0.3) is 0 Å². The molecule has 1 aliphatic carbocycles. The molecule has 0 amide bonds. The number of nitrogens with one attached hydrogen (secondary N) is 2. The van der Waals surface area contributed by atoms with Gasteiger partial charge in [0.15, 0.2) is 5.96 Å². The summed E-state index contributed by atoms with van der Waals surface area (Å²) in [4.78, 5) is 8.34. The summed E-state index contributed by atoms with van der Waals surface area (Å²) in [5.41, 5.74) is 1.10. The Kier molecular flexibility index (Phi) is 11.6. The molecule has 1 heterocycles. The zero-order valence-corrected chi connectivity index (χ0v) is 17.6. The minimum atomic E-state index is 0. The molecule has 0 spiro atoms. The van der Waals surface area contributed by atoms with Crippen molar-refractivity contribution in [3.8, 4) is 5.88 Å². The van der Waals surface area contributed by atoms with E-state index >= 15 is 0 Å². The monoisotopic (exact) mass is 462 g/mol. The number of methoxy groups -OCH3 is 1. The first-order valence-corrected chi connectivity index (χ1v) is 8.87. The quantitative estimate of drug-likeness (QED) is 0.214. The number of hydrogen-bond acceptors (Lipinski definition) is 4. The number of halogens is 1. The summed E-state index contributed by atoms with van der Waals surface area (Å²) < 4.78 is 11.1. The molecule has 2 rings (SSSR count). The third-order valence-corrected chi connectivity index (χ3v) is 4.24. The predicted octanol–water partition coefficient (Wildman–Crippen LogP) is 3.11. The van der Waals surface area contributed by atoms with Crippen LogP contribution in [-0.4, -0.2) is 44.4 Å². The largest absolute Gasteiger partial charge is 0.481 e. The van der Waals surface area contributed by atoms with Gasteiger partial charge in [-0.1, -0.05) is 25.7 Å². The van der Waals surface area contributed by atoms with Crippen LogP contribution in [0.1, 0.15) is 44.1 Å². The van der Waals surface area contributed by atoms with Crippen molar-refractivity contribution in [1.29, 1.82) is 0 Å². The zero-order valence-electron chi connectivity index (χ0n) is 15.3. The van der Waals surface area contributed by atoms with Gasteiger partial charge in [-0.15, -0.1) is 24.0 Å². The molecule has 7 heteroatoms. The lowest BCUT2D eigenvalue weighted by Gasteiger charge is -2.17. The number of aliphatic imine (C=N–C) groups is 1. The van der Waals surface area contributed by atoms with Gasteiger partial charge in [0.25, 0.3) is 0 Å². The molecular weight excluding hydrogens is 431 g/mol. The molecular formula is C18H31IN4O2. The van der Waals surface area contributed by atoms with E-state index in [9.17, 15) is 0 Å². The Bertz CT molecular complexity index is 506. The SMILES string of the molecule is CN=C(NCCOC1CCCCCC1)NCc1ccnc(OC)c1.I. The fourth-order valence-corrected chi connectivity index (χ4v) is 2.88. The van der Waals surface area contributed by atoms with Crippen LogP contribution in [-0.2, 0) is 11.3 Å². The van der Waals surface area contributed by atoms with Crippen LogP contribution < -0.4 is 15.4 Å². The summed E-state index contributed by atoms with van der Waals surface area (Å²) in [7, 11) is 3.39. The normalized spacial score (nSPS) is 15.8. The second-order valence-corrected chi connectivity index (χ2v) is 6.04. The topological polar surface area (TPSA) is 67.8 Å². The van der Waals surface area contributed by atoms with E-state index in [0.717, 1.165) is 18.1 Å². The highest BCUT2D eigenvalue weighted by Crippen LogP contribution is 2.19. The van der Waals surface area contributed by atoms with Gasteiger partial charge < -0.3 is 20.1 Å². The first-order valence-electron chi connectivity index (χ1n) is 8.87. The molecule has 0 saturated heterocycles. The van der Waals surface area contributed by atoms with Crippen molar-refractivity contribution in [3.05, 3.63) is 23.9 Å². The Morgan fingerprint density at radius 3 is 2.68 bits per heavy atom. The van der Waals surface area contributed by atoms with Gasteiger partial charge in [0, 0.05) is 32.4 Å². The van der Waals surface area contributed by atoms with Crippen LogP contribution >= 0.6 is 24.0 Å². The Morgan fingerprint density at radius 2 is 2.00 bits per heavy atom. The summed E-state index contributed by atoms with van der Waals surface area (Å²) in [5.74, 6) is 1.39. The third-order valence-electron chi connectivity index (χ3n) is 4.24.